The zero-order valence-electron chi connectivity index (χ0n) is 16.0. The molecule has 0 amide bonds. The fourth-order valence-corrected chi connectivity index (χ4v) is 7.63. The molecule has 1 N–H and O–H groups in total. The highest BCUT2D eigenvalue weighted by Crippen LogP contribution is 2.71. The Kier molecular flexibility index (Phi) is 3.75. The van der Waals surface area contributed by atoms with Crippen molar-refractivity contribution in [3.8, 4) is 0 Å². The Bertz CT molecular complexity index is 686. The first kappa shape index (κ1) is 17.3. The van der Waals surface area contributed by atoms with Crippen LogP contribution in [-0.2, 0) is 4.79 Å². The van der Waals surface area contributed by atoms with Crippen molar-refractivity contribution in [2.24, 2.45) is 34.0 Å². The minimum atomic E-state index is 0.0499. The number of fused-ring (bicyclic) bond motifs is 5. The average molecular weight is 341 g/mol. The molecule has 2 heteroatoms. The van der Waals surface area contributed by atoms with Crippen LogP contribution >= 0.6 is 0 Å². The van der Waals surface area contributed by atoms with Gasteiger partial charge in [0.25, 0.3) is 0 Å². The molecule has 0 aliphatic heterocycles. The molecule has 4 aliphatic rings. The fraction of sp³-hybridized carbons (Fsp3) is 0.696. The van der Waals surface area contributed by atoms with Crippen LogP contribution in [0.15, 0.2) is 36.0 Å². The smallest absolute Gasteiger partial charge is 0.178 e. The van der Waals surface area contributed by atoms with E-state index in [2.05, 4.69) is 33.4 Å². The molecule has 0 heterocycles. The number of aliphatic hydroxyl groups is 1. The van der Waals surface area contributed by atoms with Gasteiger partial charge in [0.05, 0.1) is 6.61 Å². The molecule has 6 unspecified atom stereocenters. The minimum Gasteiger partial charge on any atom is -0.392 e. The van der Waals surface area contributed by atoms with Gasteiger partial charge in [-0.25, -0.2) is 0 Å². The molecule has 25 heavy (non-hydrogen) atoms. The zero-order valence-corrected chi connectivity index (χ0v) is 16.0. The van der Waals surface area contributed by atoms with Gasteiger partial charge in [-0.15, -0.1) is 0 Å². The summed E-state index contributed by atoms with van der Waals surface area (Å²) >= 11 is 0. The lowest BCUT2D eigenvalue weighted by Crippen LogP contribution is -2.55. The van der Waals surface area contributed by atoms with Gasteiger partial charge in [0.1, 0.15) is 0 Å². The van der Waals surface area contributed by atoms with E-state index in [1.54, 1.807) is 6.08 Å². The number of hydrogen-bond acceptors (Lipinski definition) is 2. The summed E-state index contributed by atoms with van der Waals surface area (Å²) in [5.74, 6) is 1.94. The summed E-state index contributed by atoms with van der Waals surface area (Å²) in [7, 11) is 0. The summed E-state index contributed by atoms with van der Waals surface area (Å²) in [5, 5.41) is 9.67. The average Bonchev–Trinajstić information content (AvgIpc) is 2.93. The zero-order chi connectivity index (χ0) is 18.0. The SMILES string of the molecule is C=C(CO)C1CCC2C1(C)CCC1C3(C)C=CC(=O)C=C3CCC12C. The first-order chi connectivity index (χ1) is 11.8. The molecule has 136 valence electrons. The van der Waals surface area contributed by atoms with Gasteiger partial charge in [-0.3, -0.25) is 4.79 Å². The summed E-state index contributed by atoms with van der Waals surface area (Å²) in [6.45, 7) is 11.7. The van der Waals surface area contributed by atoms with Crippen LogP contribution in [0.3, 0.4) is 0 Å². The second-order valence-electron chi connectivity index (χ2n) is 9.79. The van der Waals surface area contributed by atoms with E-state index in [1.807, 2.05) is 6.08 Å². The van der Waals surface area contributed by atoms with Crippen LogP contribution in [-0.4, -0.2) is 17.5 Å². The Balaban J connectivity index is 1.73. The van der Waals surface area contributed by atoms with E-state index in [-0.39, 0.29) is 23.2 Å². The van der Waals surface area contributed by atoms with Crippen molar-refractivity contribution in [2.45, 2.75) is 59.3 Å². The van der Waals surface area contributed by atoms with Gasteiger partial charge >= 0.3 is 0 Å². The number of rotatable bonds is 2. The molecule has 0 bridgehead atoms. The number of aliphatic hydroxyl groups excluding tert-OH is 1. The van der Waals surface area contributed by atoms with Gasteiger partial charge in [-0.1, -0.05) is 39.0 Å². The molecule has 0 aromatic heterocycles. The predicted molar refractivity (Wildman–Crippen MR) is 101 cm³/mol. The molecule has 4 aliphatic carbocycles. The highest BCUT2D eigenvalue weighted by molar-refractivity contribution is 6.01. The lowest BCUT2D eigenvalue weighted by Gasteiger charge is -2.63. The van der Waals surface area contributed by atoms with Gasteiger partial charge in [0, 0.05) is 5.41 Å². The first-order valence-electron chi connectivity index (χ1n) is 9.98. The lowest BCUT2D eigenvalue weighted by molar-refractivity contribution is -0.113. The second kappa shape index (κ2) is 5.42. The number of hydrogen-bond donors (Lipinski definition) is 1. The Morgan fingerprint density at radius 1 is 1.16 bits per heavy atom. The van der Waals surface area contributed by atoms with Crippen LogP contribution in [0.4, 0.5) is 0 Å². The molecular formula is C23H32O2. The van der Waals surface area contributed by atoms with E-state index < -0.39 is 0 Å². The van der Waals surface area contributed by atoms with Gasteiger partial charge in [0.2, 0.25) is 0 Å². The summed E-state index contributed by atoms with van der Waals surface area (Å²) in [4.78, 5) is 11.9. The first-order valence-corrected chi connectivity index (χ1v) is 9.98. The van der Waals surface area contributed by atoms with Crippen molar-refractivity contribution in [2.75, 3.05) is 6.61 Å². The third-order valence-corrected chi connectivity index (χ3v) is 8.85. The molecule has 2 nitrogen and oxygen atoms in total. The maximum atomic E-state index is 11.9. The molecule has 3 fully saturated rings. The maximum absolute atomic E-state index is 11.9. The van der Waals surface area contributed by atoms with Crippen LogP contribution in [0, 0.1) is 34.0 Å². The molecule has 0 radical (unpaired) electrons. The summed E-state index contributed by atoms with van der Waals surface area (Å²) in [6.07, 6.45) is 13.0. The highest BCUT2D eigenvalue weighted by atomic mass is 16.3. The Labute approximate surface area is 152 Å². The molecule has 3 saturated carbocycles. The number of carbonyl (C=O) groups is 1. The van der Waals surface area contributed by atoms with Crippen molar-refractivity contribution >= 4 is 5.78 Å². The summed E-state index contributed by atoms with van der Waals surface area (Å²) in [6, 6.07) is 0. The van der Waals surface area contributed by atoms with E-state index in [4.69, 9.17) is 0 Å². The molecule has 0 saturated heterocycles. The van der Waals surface area contributed by atoms with E-state index in [9.17, 15) is 9.90 Å². The van der Waals surface area contributed by atoms with Crippen LogP contribution in [0.1, 0.15) is 59.3 Å². The molecule has 4 rings (SSSR count). The van der Waals surface area contributed by atoms with Crippen LogP contribution in [0.25, 0.3) is 0 Å². The van der Waals surface area contributed by atoms with E-state index in [1.165, 1.54) is 37.7 Å². The minimum absolute atomic E-state index is 0.0499. The Morgan fingerprint density at radius 2 is 1.92 bits per heavy atom. The summed E-state index contributed by atoms with van der Waals surface area (Å²) < 4.78 is 0. The molecule has 0 aromatic carbocycles. The third-order valence-electron chi connectivity index (χ3n) is 8.85. The number of allylic oxidation sites excluding steroid dienone is 4. The van der Waals surface area contributed by atoms with Gasteiger partial charge in [0.15, 0.2) is 5.78 Å². The Hall–Kier alpha value is -1.15. The van der Waals surface area contributed by atoms with Gasteiger partial charge < -0.3 is 5.11 Å². The molecular weight excluding hydrogens is 308 g/mol. The lowest BCUT2D eigenvalue weighted by atomic mass is 9.41. The van der Waals surface area contributed by atoms with Crippen LogP contribution in [0.2, 0.25) is 0 Å². The quantitative estimate of drug-likeness (QED) is 0.730. The number of carbonyl (C=O) groups excluding carboxylic acids is 1. The van der Waals surface area contributed by atoms with Gasteiger partial charge in [-0.2, -0.15) is 0 Å². The number of ketones is 1. The van der Waals surface area contributed by atoms with Crippen LogP contribution < -0.4 is 0 Å². The van der Waals surface area contributed by atoms with Gasteiger partial charge in [-0.05, 0) is 84.8 Å². The molecule has 0 spiro atoms. The van der Waals surface area contributed by atoms with Crippen molar-refractivity contribution in [3.05, 3.63) is 36.0 Å². The summed E-state index contributed by atoms with van der Waals surface area (Å²) in [5.41, 5.74) is 3.04. The van der Waals surface area contributed by atoms with Crippen molar-refractivity contribution in [3.63, 3.8) is 0 Å². The maximum Gasteiger partial charge on any atom is 0.178 e. The van der Waals surface area contributed by atoms with E-state index in [0.717, 1.165) is 12.0 Å². The van der Waals surface area contributed by atoms with Crippen molar-refractivity contribution in [1.82, 2.24) is 0 Å². The van der Waals surface area contributed by atoms with Crippen LogP contribution in [0.5, 0.6) is 0 Å². The highest BCUT2D eigenvalue weighted by Gasteiger charge is 2.63. The van der Waals surface area contributed by atoms with Crippen molar-refractivity contribution < 1.29 is 9.90 Å². The van der Waals surface area contributed by atoms with E-state index >= 15 is 0 Å². The third kappa shape index (κ3) is 2.16. The van der Waals surface area contributed by atoms with E-state index in [0.29, 0.717) is 23.2 Å². The normalized spacial score (nSPS) is 48.4. The topological polar surface area (TPSA) is 37.3 Å². The standard InChI is InChI=1S/C23H32O2/c1-15(14-24)18-5-6-19-22(18,3)12-9-20-21(2)11-8-17(25)13-16(21)7-10-23(19,20)4/h8,11,13,18-20,24H,1,5-7,9-10,12,14H2,2-4H3. The monoisotopic (exact) mass is 340 g/mol. The largest absolute Gasteiger partial charge is 0.392 e. The second-order valence-corrected chi connectivity index (χ2v) is 9.79. The van der Waals surface area contributed by atoms with Crippen molar-refractivity contribution in [1.29, 1.82) is 0 Å². The molecule has 6 atom stereocenters. The predicted octanol–water partition coefficient (Wildman–Crippen LogP) is 4.85. The molecule has 0 aromatic rings. The Morgan fingerprint density at radius 3 is 2.64 bits per heavy atom. The fourth-order valence-electron chi connectivity index (χ4n) is 7.63.